The minimum Gasteiger partial charge on any atom is -0.444 e. The van der Waals surface area contributed by atoms with Crippen LogP contribution in [0, 0.1) is 5.41 Å². The van der Waals surface area contributed by atoms with Crippen LogP contribution in [0.4, 0.5) is 4.79 Å². The summed E-state index contributed by atoms with van der Waals surface area (Å²) in [5.41, 5.74) is -0.125. The summed E-state index contributed by atoms with van der Waals surface area (Å²) < 4.78 is 7.52. The van der Waals surface area contributed by atoms with Crippen LogP contribution in [0.2, 0.25) is 0 Å². The van der Waals surface area contributed by atoms with Gasteiger partial charge in [0, 0.05) is 19.5 Å². The normalized spacial score (nSPS) is 29.1. The van der Waals surface area contributed by atoms with Crippen molar-refractivity contribution >= 4 is 12.8 Å². The van der Waals surface area contributed by atoms with Crippen LogP contribution in [0.5, 0.6) is 0 Å². The van der Waals surface area contributed by atoms with Crippen LogP contribution >= 0.6 is 0 Å². The second kappa shape index (κ2) is 4.00. The molecular weight excluding hydrogens is 216 g/mol. The van der Waals surface area contributed by atoms with E-state index in [1.807, 2.05) is 25.7 Å². The van der Waals surface area contributed by atoms with E-state index < -0.39 is 5.60 Å². The summed E-state index contributed by atoms with van der Waals surface area (Å²) in [6, 6.07) is 0. The molecule has 0 aliphatic carbocycles. The zero-order valence-electron chi connectivity index (χ0n) is 11.2. The highest BCUT2D eigenvalue weighted by Gasteiger charge is 2.47. The van der Waals surface area contributed by atoms with Gasteiger partial charge in [-0.2, -0.15) is 0 Å². The number of ether oxygens (including phenoxy) is 1. The van der Waals surface area contributed by atoms with Crippen LogP contribution in [0.25, 0.3) is 0 Å². The molecule has 0 aromatic carbocycles. The summed E-state index contributed by atoms with van der Waals surface area (Å²) in [5, 5.41) is 0. The number of likely N-dealkylation sites (tertiary alicyclic amines) is 1. The molecule has 0 N–H and O–H groups in total. The zero-order chi connectivity index (χ0) is 12.7. The van der Waals surface area contributed by atoms with Gasteiger partial charge in [-0.15, -0.1) is 0 Å². The number of hydrogen-bond donors (Lipinski definition) is 0. The van der Waals surface area contributed by atoms with Crippen LogP contribution in [0.15, 0.2) is 0 Å². The molecule has 0 bridgehead atoms. The molecule has 2 heterocycles. The topological polar surface area (TPSA) is 32.5 Å². The molecule has 1 amide bonds. The minimum absolute atomic E-state index is 0.170. The monoisotopic (exact) mass is 239 g/mol. The van der Waals surface area contributed by atoms with Crippen molar-refractivity contribution in [1.82, 2.24) is 4.90 Å². The van der Waals surface area contributed by atoms with E-state index in [0.29, 0.717) is 0 Å². The lowest BCUT2D eigenvalue weighted by Crippen LogP contribution is -2.37. The van der Waals surface area contributed by atoms with Gasteiger partial charge < -0.3 is 9.64 Å². The summed E-state index contributed by atoms with van der Waals surface area (Å²) >= 11 is 0. The van der Waals surface area contributed by atoms with E-state index in [0.717, 1.165) is 39.0 Å². The van der Waals surface area contributed by atoms with Gasteiger partial charge in [-0.05, 0) is 27.2 Å². The van der Waals surface area contributed by atoms with E-state index in [1.54, 1.807) is 0 Å². The van der Waals surface area contributed by atoms with Crippen LogP contribution in [0.3, 0.4) is 0 Å². The molecule has 0 radical (unpaired) electrons. The van der Waals surface area contributed by atoms with Crippen LogP contribution in [-0.2, 0) is 4.74 Å². The Hall–Kier alpha value is -1.06. The van der Waals surface area contributed by atoms with Crippen molar-refractivity contribution in [1.29, 1.82) is 0 Å². The lowest BCUT2D eigenvalue weighted by Gasteiger charge is -2.25. The average Bonchev–Trinajstić information content (AvgIpc) is 2.72. The Balaban J connectivity index is 1.94. The van der Waals surface area contributed by atoms with E-state index in [1.165, 1.54) is 0 Å². The molecule has 4 heteroatoms. The van der Waals surface area contributed by atoms with Crippen molar-refractivity contribution in [3.8, 4) is 0 Å². The summed E-state index contributed by atoms with van der Waals surface area (Å²) in [7, 11) is 0. The smallest absolute Gasteiger partial charge is 0.410 e. The fourth-order valence-corrected chi connectivity index (χ4v) is 2.78. The summed E-state index contributed by atoms with van der Waals surface area (Å²) in [6.07, 6.45) is 2.06. The lowest BCUT2D eigenvalue weighted by molar-refractivity contribution is -0.503. The summed E-state index contributed by atoms with van der Waals surface area (Å²) in [5.74, 6) is 0. The number of carbonyl (C=O) groups is 1. The first-order valence-corrected chi connectivity index (χ1v) is 6.33. The Morgan fingerprint density at radius 3 is 2.65 bits per heavy atom. The van der Waals surface area contributed by atoms with Crippen molar-refractivity contribution < 1.29 is 14.1 Å². The molecule has 2 rings (SSSR count). The Labute approximate surface area is 103 Å². The number of nitrogens with zero attached hydrogens (tertiary/aromatic N) is 2. The molecule has 4 nitrogen and oxygen atoms in total. The van der Waals surface area contributed by atoms with Crippen molar-refractivity contribution in [2.45, 2.75) is 39.2 Å². The number of amides is 1. The van der Waals surface area contributed by atoms with Gasteiger partial charge in [-0.25, -0.2) is 9.37 Å². The Morgan fingerprint density at radius 1 is 1.41 bits per heavy atom. The van der Waals surface area contributed by atoms with E-state index in [2.05, 4.69) is 11.3 Å². The molecule has 17 heavy (non-hydrogen) atoms. The third-order valence-electron chi connectivity index (χ3n) is 3.61. The molecule has 2 fully saturated rings. The van der Waals surface area contributed by atoms with Crippen LogP contribution in [0.1, 0.15) is 33.6 Å². The van der Waals surface area contributed by atoms with Gasteiger partial charge in [0.05, 0.1) is 5.41 Å². The van der Waals surface area contributed by atoms with E-state index >= 15 is 0 Å². The minimum atomic E-state index is -0.402. The first-order chi connectivity index (χ1) is 7.80. The highest BCUT2D eigenvalue weighted by Crippen LogP contribution is 2.38. The molecule has 1 atom stereocenters. The van der Waals surface area contributed by atoms with Gasteiger partial charge in [-0.3, -0.25) is 0 Å². The molecule has 0 saturated carbocycles. The fraction of sp³-hybridized carbons (Fsp3) is 0.846. The van der Waals surface area contributed by atoms with Crippen LogP contribution in [-0.4, -0.2) is 54.1 Å². The second-order valence-electron chi connectivity index (χ2n) is 6.45. The van der Waals surface area contributed by atoms with Crippen molar-refractivity contribution in [2.24, 2.45) is 5.41 Å². The predicted molar refractivity (Wildman–Crippen MR) is 66.6 cm³/mol. The van der Waals surface area contributed by atoms with Crippen molar-refractivity contribution in [3.63, 3.8) is 0 Å². The van der Waals surface area contributed by atoms with Gasteiger partial charge in [0.2, 0.25) is 0 Å². The van der Waals surface area contributed by atoms with Crippen molar-refractivity contribution in [2.75, 3.05) is 26.2 Å². The lowest BCUT2D eigenvalue weighted by atomic mass is 9.87. The number of rotatable bonds is 0. The SMILES string of the molecule is C=[N+]1CCC2(CCN(C(=O)OC(C)(C)C)C2)C1. The maximum atomic E-state index is 12.0. The fourth-order valence-electron chi connectivity index (χ4n) is 2.78. The third-order valence-corrected chi connectivity index (χ3v) is 3.61. The van der Waals surface area contributed by atoms with Gasteiger partial charge in [0.1, 0.15) is 25.4 Å². The molecule has 2 aliphatic heterocycles. The highest BCUT2D eigenvalue weighted by atomic mass is 16.6. The van der Waals surface area contributed by atoms with Crippen LogP contribution < -0.4 is 0 Å². The van der Waals surface area contributed by atoms with E-state index in [4.69, 9.17) is 4.74 Å². The van der Waals surface area contributed by atoms with Gasteiger partial charge in [0.15, 0.2) is 0 Å². The zero-order valence-corrected chi connectivity index (χ0v) is 11.2. The molecule has 0 aromatic rings. The molecule has 96 valence electrons. The Bertz CT molecular complexity index is 346. The van der Waals surface area contributed by atoms with Gasteiger partial charge in [-0.1, -0.05) is 0 Å². The summed E-state index contributed by atoms with van der Waals surface area (Å²) in [4.78, 5) is 13.8. The Morgan fingerprint density at radius 2 is 2.12 bits per heavy atom. The molecule has 1 unspecified atom stereocenters. The molecule has 2 aliphatic rings. The maximum absolute atomic E-state index is 12.0. The highest BCUT2D eigenvalue weighted by molar-refractivity contribution is 5.68. The van der Waals surface area contributed by atoms with Gasteiger partial charge in [0.25, 0.3) is 0 Å². The maximum Gasteiger partial charge on any atom is 0.410 e. The largest absolute Gasteiger partial charge is 0.444 e. The third kappa shape index (κ3) is 2.79. The predicted octanol–water partition coefficient (Wildman–Crippen LogP) is 1.73. The average molecular weight is 239 g/mol. The van der Waals surface area contributed by atoms with Crippen molar-refractivity contribution in [3.05, 3.63) is 0 Å². The summed E-state index contributed by atoms with van der Waals surface area (Å²) in [6.45, 7) is 13.4. The molecule has 2 saturated heterocycles. The molecule has 1 spiro atoms. The second-order valence-corrected chi connectivity index (χ2v) is 6.45. The first kappa shape index (κ1) is 12.4. The van der Waals surface area contributed by atoms with E-state index in [9.17, 15) is 4.79 Å². The standard InChI is InChI=1S/C13H23N2O2/c1-12(2,3)17-11(16)15-8-6-13(10-15)5-7-14(4)9-13/h4-10H2,1-3H3/q+1. The molecular formula is C13H23N2O2+. The number of carbonyl (C=O) groups excluding carboxylic acids is 1. The Kier molecular flexibility index (Phi) is 2.92. The van der Waals surface area contributed by atoms with E-state index in [-0.39, 0.29) is 11.5 Å². The number of hydrogen-bond acceptors (Lipinski definition) is 2. The van der Waals surface area contributed by atoms with Gasteiger partial charge >= 0.3 is 6.09 Å². The first-order valence-electron chi connectivity index (χ1n) is 6.33. The quantitative estimate of drug-likeness (QED) is 0.603. The molecule has 0 aromatic heterocycles.